The summed E-state index contributed by atoms with van der Waals surface area (Å²) >= 11 is 0. The first-order chi connectivity index (χ1) is 7.95. The van der Waals surface area contributed by atoms with E-state index in [0.29, 0.717) is 4.90 Å². The van der Waals surface area contributed by atoms with Crippen molar-refractivity contribution < 1.29 is 8.42 Å². The lowest BCUT2D eigenvalue weighted by Gasteiger charge is -2.10. The van der Waals surface area contributed by atoms with Crippen LogP contribution in [-0.4, -0.2) is 21.0 Å². The zero-order chi connectivity index (χ0) is 12.9. The van der Waals surface area contributed by atoms with E-state index in [9.17, 15) is 8.42 Å². The van der Waals surface area contributed by atoms with Crippen molar-refractivity contribution >= 4 is 10.0 Å². The summed E-state index contributed by atoms with van der Waals surface area (Å²) in [4.78, 5) is 0.312. The summed E-state index contributed by atoms with van der Waals surface area (Å²) in [7, 11) is -3.37. The van der Waals surface area contributed by atoms with Crippen LogP contribution in [0, 0.1) is 0 Å². The number of benzene rings is 1. The second-order valence-corrected chi connectivity index (χ2v) is 5.91. The topological polar surface area (TPSA) is 58.2 Å². The Morgan fingerprint density at radius 1 is 1.18 bits per heavy atom. The van der Waals surface area contributed by atoms with Gasteiger partial charge in [-0.05, 0) is 38.1 Å². The lowest BCUT2D eigenvalue weighted by atomic mass is 10.2. The fourth-order valence-electron chi connectivity index (χ4n) is 1.43. The van der Waals surface area contributed by atoms with Crippen LogP contribution in [0.25, 0.3) is 0 Å². The quantitative estimate of drug-likeness (QED) is 0.810. The largest absolute Gasteiger partial charge is 0.313 e. The van der Waals surface area contributed by atoms with Gasteiger partial charge in [-0.15, -0.1) is 0 Å². The Hall–Kier alpha value is -0.910. The van der Waals surface area contributed by atoms with Crippen molar-refractivity contribution in [3.8, 4) is 0 Å². The molecular weight excluding hydrogens is 236 g/mol. The molecular formula is C12H20N2O2S. The summed E-state index contributed by atoms with van der Waals surface area (Å²) in [6.07, 6.45) is 0. The van der Waals surface area contributed by atoms with Gasteiger partial charge in [-0.3, -0.25) is 0 Å². The first-order valence-electron chi connectivity index (χ1n) is 5.77. The van der Waals surface area contributed by atoms with Crippen LogP contribution in [0.4, 0.5) is 0 Å². The molecule has 0 saturated carbocycles. The van der Waals surface area contributed by atoms with Gasteiger partial charge in [0.2, 0.25) is 10.0 Å². The molecule has 0 saturated heterocycles. The minimum absolute atomic E-state index is 0.0959. The summed E-state index contributed by atoms with van der Waals surface area (Å²) < 4.78 is 26.2. The van der Waals surface area contributed by atoms with Crippen LogP contribution >= 0.6 is 0 Å². The van der Waals surface area contributed by atoms with Gasteiger partial charge in [-0.25, -0.2) is 13.1 Å². The predicted molar refractivity (Wildman–Crippen MR) is 69.3 cm³/mol. The van der Waals surface area contributed by atoms with Crippen LogP contribution in [0.1, 0.15) is 26.3 Å². The smallest absolute Gasteiger partial charge is 0.240 e. The Balaban J connectivity index is 2.80. The van der Waals surface area contributed by atoms with Crippen LogP contribution in [0.2, 0.25) is 0 Å². The van der Waals surface area contributed by atoms with Crippen molar-refractivity contribution in [2.75, 3.05) is 6.54 Å². The van der Waals surface area contributed by atoms with Crippen molar-refractivity contribution in [3.05, 3.63) is 29.8 Å². The highest BCUT2D eigenvalue weighted by Crippen LogP contribution is 2.10. The second-order valence-electron chi connectivity index (χ2n) is 4.20. The molecule has 0 amide bonds. The van der Waals surface area contributed by atoms with Crippen LogP contribution in [-0.2, 0) is 16.6 Å². The molecule has 2 N–H and O–H groups in total. The summed E-state index contributed by atoms with van der Waals surface area (Å²) in [5.41, 5.74) is 1.08. The third-order valence-corrected chi connectivity index (χ3v) is 3.88. The van der Waals surface area contributed by atoms with Crippen molar-refractivity contribution in [1.29, 1.82) is 0 Å². The van der Waals surface area contributed by atoms with Crippen LogP contribution in [0.5, 0.6) is 0 Å². The zero-order valence-corrected chi connectivity index (χ0v) is 11.3. The van der Waals surface area contributed by atoms with Crippen molar-refractivity contribution in [3.63, 3.8) is 0 Å². The molecule has 0 aliphatic carbocycles. The SMILES string of the molecule is CCNCc1ccc(S(=O)(=O)NC(C)C)cc1. The molecule has 4 nitrogen and oxygen atoms in total. The highest BCUT2D eigenvalue weighted by Gasteiger charge is 2.14. The van der Waals surface area contributed by atoms with E-state index in [1.54, 1.807) is 26.0 Å². The minimum atomic E-state index is -3.37. The van der Waals surface area contributed by atoms with Crippen molar-refractivity contribution in [2.24, 2.45) is 0 Å². The van der Waals surface area contributed by atoms with Crippen LogP contribution < -0.4 is 10.0 Å². The molecule has 0 atom stereocenters. The maximum absolute atomic E-state index is 11.8. The van der Waals surface area contributed by atoms with Gasteiger partial charge >= 0.3 is 0 Å². The molecule has 1 rings (SSSR count). The molecule has 1 aromatic rings. The molecule has 0 radical (unpaired) electrons. The van der Waals surface area contributed by atoms with Crippen molar-refractivity contribution in [2.45, 2.75) is 38.3 Å². The van der Waals surface area contributed by atoms with E-state index < -0.39 is 10.0 Å². The Morgan fingerprint density at radius 2 is 1.76 bits per heavy atom. The Kier molecular flexibility index (Phi) is 5.11. The molecule has 0 aromatic heterocycles. The lowest BCUT2D eigenvalue weighted by molar-refractivity contribution is 0.570. The highest BCUT2D eigenvalue weighted by molar-refractivity contribution is 7.89. The third kappa shape index (κ3) is 4.46. The molecule has 0 aliphatic rings. The highest BCUT2D eigenvalue weighted by atomic mass is 32.2. The average molecular weight is 256 g/mol. The first kappa shape index (κ1) is 14.2. The number of hydrogen-bond acceptors (Lipinski definition) is 3. The fraction of sp³-hybridized carbons (Fsp3) is 0.500. The number of hydrogen-bond donors (Lipinski definition) is 2. The van der Waals surface area contributed by atoms with E-state index in [-0.39, 0.29) is 6.04 Å². The van der Waals surface area contributed by atoms with Gasteiger partial charge in [0.1, 0.15) is 0 Å². The molecule has 0 spiro atoms. The minimum Gasteiger partial charge on any atom is -0.313 e. The van der Waals surface area contributed by atoms with Crippen LogP contribution in [0.15, 0.2) is 29.2 Å². The normalized spacial score (nSPS) is 12.0. The van der Waals surface area contributed by atoms with Crippen molar-refractivity contribution in [1.82, 2.24) is 10.0 Å². The van der Waals surface area contributed by atoms with Gasteiger partial charge in [0.25, 0.3) is 0 Å². The van der Waals surface area contributed by atoms with Gasteiger partial charge in [0.05, 0.1) is 4.90 Å². The van der Waals surface area contributed by atoms with E-state index in [2.05, 4.69) is 10.0 Å². The Morgan fingerprint density at radius 3 is 2.24 bits per heavy atom. The van der Waals surface area contributed by atoms with E-state index in [1.165, 1.54) is 0 Å². The fourth-order valence-corrected chi connectivity index (χ4v) is 2.69. The molecule has 0 aliphatic heterocycles. The monoisotopic (exact) mass is 256 g/mol. The predicted octanol–water partition coefficient (Wildman–Crippen LogP) is 1.48. The summed E-state index contributed by atoms with van der Waals surface area (Å²) in [6, 6.07) is 6.84. The number of rotatable bonds is 6. The molecule has 96 valence electrons. The number of sulfonamides is 1. The molecule has 1 aromatic carbocycles. The third-order valence-electron chi connectivity index (χ3n) is 2.20. The van der Waals surface area contributed by atoms with Gasteiger partial charge < -0.3 is 5.32 Å². The molecule has 0 unspecified atom stereocenters. The number of nitrogens with one attached hydrogen (secondary N) is 2. The van der Waals surface area contributed by atoms with E-state index in [4.69, 9.17) is 0 Å². The van der Waals surface area contributed by atoms with Gasteiger partial charge in [-0.1, -0.05) is 19.1 Å². The van der Waals surface area contributed by atoms with Gasteiger partial charge in [0.15, 0.2) is 0 Å². The molecule has 5 heteroatoms. The summed E-state index contributed by atoms with van der Waals surface area (Å²) in [5, 5.41) is 3.19. The van der Waals surface area contributed by atoms with Gasteiger partial charge in [0, 0.05) is 12.6 Å². The molecule has 0 heterocycles. The second kappa shape index (κ2) is 6.14. The average Bonchev–Trinajstić information content (AvgIpc) is 2.25. The van der Waals surface area contributed by atoms with Crippen LogP contribution in [0.3, 0.4) is 0 Å². The lowest BCUT2D eigenvalue weighted by Crippen LogP contribution is -2.30. The summed E-state index contributed by atoms with van der Waals surface area (Å²) in [6.45, 7) is 7.29. The zero-order valence-electron chi connectivity index (χ0n) is 10.5. The van der Waals surface area contributed by atoms with Gasteiger partial charge in [-0.2, -0.15) is 0 Å². The summed E-state index contributed by atoms with van der Waals surface area (Å²) in [5.74, 6) is 0. The van der Waals surface area contributed by atoms with E-state index in [0.717, 1.165) is 18.7 Å². The maximum Gasteiger partial charge on any atom is 0.240 e. The molecule has 0 bridgehead atoms. The Bertz CT molecular complexity index is 438. The van der Waals surface area contributed by atoms with E-state index in [1.807, 2.05) is 19.1 Å². The first-order valence-corrected chi connectivity index (χ1v) is 7.26. The standard InChI is InChI=1S/C12H20N2O2S/c1-4-13-9-11-5-7-12(8-6-11)17(15,16)14-10(2)3/h5-8,10,13-14H,4,9H2,1-3H3. The maximum atomic E-state index is 11.8. The van der Waals surface area contributed by atoms with E-state index >= 15 is 0 Å². The Labute approximate surface area is 103 Å². The molecule has 17 heavy (non-hydrogen) atoms. The molecule has 0 fully saturated rings.